The number of rotatable bonds is 7. The van der Waals surface area contributed by atoms with Crippen molar-refractivity contribution in [2.24, 2.45) is 7.05 Å². The zero-order valence-electron chi connectivity index (χ0n) is 19.3. The van der Waals surface area contributed by atoms with Gasteiger partial charge in [-0.2, -0.15) is 5.10 Å². The van der Waals surface area contributed by atoms with Crippen LogP contribution >= 0.6 is 0 Å². The number of carbonyl (C=O) groups excluding carboxylic acids is 1. The fourth-order valence-corrected chi connectivity index (χ4v) is 4.11. The number of methoxy groups -OCH3 is 1. The number of hydrogen-bond acceptors (Lipinski definition) is 6. The lowest BCUT2D eigenvalue weighted by Gasteiger charge is -2.34. The molecule has 0 aliphatic carbocycles. The summed E-state index contributed by atoms with van der Waals surface area (Å²) in [5, 5.41) is 4.51. The number of aromatic nitrogens is 3. The molecule has 8 nitrogen and oxygen atoms in total. The van der Waals surface area contributed by atoms with Crippen LogP contribution in [-0.2, 0) is 24.8 Å². The van der Waals surface area contributed by atoms with Crippen molar-refractivity contribution >= 4 is 5.91 Å². The van der Waals surface area contributed by atoms with E-state index in [1.54, 1.807) is 13.3 Å². The molecule has 1 aromatic carbocycles. The summed E-state index contributed by atoms with van der Waals surface area (Å²) in [6.07, 6.45) is 2.62. The maximum Gasteiger partial charge on any atom is 0.223 e. The van der Waals surface area contributed by atoms with Crippen molar-refractivity contribution in [1.29, 1.82) is 0 Å². The lowest BCUT2D eigenvalue weighted by atomic mass is 10.1. The van der Waals surface area contributed by atoms with E-state index in [1.807, 2.05) is 40.9 Å². The van der Waals surface area contributed by atoms with Gasteiger partial charge in [0.15, 0.2) is 11.7 Å². The van der Waals surface area contributed by atoms with Crippen LogP contribution < -0.4 is 4.74 Å². The summed E-state index contributed by atoms with van der Waals surface area (Å²) in [7, 11) is 3.62. The van der Waals surface area contributed by atoms with Crippen LogP contribution in [0.25, 0.3) is 11.3 Å². The van der Waals surface area contributed by atoms with Crippen LogP contribution in [0.4, 0.5) is 0 Å². The number of piperazine rings is 1. The fourth-order valence-electron chi connectivity index (χ4n) is 4.11. The van der Waals surface area contributed by atoms with Crippen molar-refractivity contribution in [2.45, 2.75) is 33.2 Å². The summed E-state index contributed by atoms with van der Waals surface area (Å²) >= 11 is 0. The molecule has 1 aliphatic rings. The minimum Gasteiger partial charge on any atom is -0.497 e. The van der Waals surface area contributed by atoms with Gasteiger partial charge in [-0.25, -0.2) is 4.98 Å². The van der Waals surface area contributed by atoms with Gasteiger partial charge in [0.2, 0.25) is 5.91 Å². The molecule has 0 saturated carbocycles. The quantitative estimate of drug-likeness (QED) is 0.566. The summed E-state index contributed by atoms with van der Waals surface area (Å²) in [4.78, 5) is 21.4. The molecule has 4 rings (SSSR count). The smallest absolute Gasteiger partial charge is 0.223 e. The molecule has 32 heavy (non-hydrogen) atoms. The van der Waals surface area contributed by atoms with Crippen molar-refractivity contribution in [3.8, 4) is 17.1 Å². The van der Waals surface area contributed by atoms with Gasteiger partial charge >= 0.3 is 0 Å². The number of hydrogen-bond donors (Lipinski definition) is 0. The van der Waals surface area contributed by atoms with E-state index in [1.165, 1.54) is 11.3 Å². The van der Waals surface area contributed by atoms with E-state index in [9.17, 15) is 4.79 Å². The van der Waals surface area contributed by atoms with Crippen LogP contribution in [-0.4, -0.2) is 63.8 Å². The molecule has 0 unspecified atom stereocenters. The summed E-state index contributed by atoms with van der Waals surface area (Å²) in [5.41, 5.74) is 4.53. The van der Waals surface area contributed by atoms with Gasteiger partial charge in [0.1, 0.15) is 5.75 Å². The van der Waals surface area contributed by atoms with Gasteiger partial charge in [0.25, 0.3) is 0 Å². The largest absolute Gasteiger partial charge is 0.497 e. The number of nitrogens with zero attached hydrogens (tertiary/aromatic N) is 5. The van der Waals surface area contributed by atoms with Gasteiger partial charge in [-0.15, -0.1) is 0 Å². The van der Waals surface area contributed by atoms with E-state index >= 15 is 0 Å². The Morgan fingerprint density at radius 2 is 1.84 bits per heavy atom. The van der Waals surface area contributed by atoms with Gasteiger partial charge < -0.3 is 14.1 Å². The highest BCUT2D eigenvalue weighted by molar-refractivity contribution is 5.76. The van der Waals surface area contributed by atoms with Crippen molar-refractivity contribution < 1.29 is 13.9 Å². The monoisotopic (exact) mass is 437 g/mol. The SMILES string of the molecule is COc1ccc(-c2cnc(CCC(=O)N3CCN(Cc4c(C)nn(C)c4C)CC3)o2)cc1. The number of ether oxygens (including phenoxy) is 1. The Hall–Kier alpha value is -3.13. The first-order valence-corrected chi connectivity index (χ1v) is 11.0. The minimum atomic E-state index is 0.155. The van der Waals surface area contributed by atoms with Gasteiger partial charge in [0.05, 0.1) is 19.0 Å². The summed E-state index contributed by atoms with van der Waals surface area (Å²) in [6.45, 7) is 8.31. The van der Waals surface area contributed by atoms with E-state index in [2.05, 4.69) is 28.8 Å². The Labute approximate surface area is 188 Å². The molecule has 170 valence electrons. The molecule has 0 bridgehead atoms. The number of carbonyl (C=O) groups is 1. The van der Waals surface area contributed by atoms with Crippen LogP contribution in [0.2, 0.25) is 0 Å². The lowest BCUT2D eigenvalue weighted by Crippen LogP contribution is -2.48. The van der Waals surface area contributed by atoms with Gasteiger partial charge in [0, 0.05) is 69.4 Å². The molecule has 1 amide bonds. The van der Waals surface area contributed by atoms with Crippen LogP contribution in [0.1, 0.15) is 29.3 Å². The predicted octanol–water partition coefficient (Wildman–Crippen LogP) is 2.98. The molecule has 0 spiro atoms. The third-order valence-corrected chi connectivity index (χ3v) is 6.25. The highest BCUT2D eigenvalue weighted by Gasteiger charge is 2.23. The number of aryl methyl sites for hydroxylation is 3. The van der Waals surface area contributed by atoms with E-state index < -0.39 is 0 Å². The van der Waals surface area contributed by atoms with E-state index in [0.29, 0.717) is 24.5 Å². The second-order valence-corrected chi connectivity index (χ2v) is 8.28. The van der Waals surface area contributed by atoms with Crippen molar-refractivity contribution in [2.75, 3.05) is 33.3 Å². The molecular weight excluding hydrogens is 406 g/mol. The van der Waals surface area contributed by atoms with Crippen LogP contribution in [0.15, 0.2) is 34.9 Å². The fraction of sp³-hybridized carbons (Fsp3) is 0.458. The summed E-state index contributed by atoms with van der Waals surface area (Å²) < 4.78 is 13.0. The molecule has 1 aliphatic heterocycles. The predicted molar refractivity (Wildman–Crippen MR) is 121 cm³/mol. The Kier molecular flexibility index (Phi) is 6.60. The third kappa shape index (κ3) is 4.85. The Morgan fingerprint density at radius 3 is 2.47 bits per heavy atom. The zero-order chi connectivity index (χ0) is 22.7. The molecule has 0 radical (unpaired) electrons. The molecule has 0 N–H and O–H groups in total. The van der Waals surface area contributed by atoms with Gasteiger partial charge in [-0.1, -0.05) is 0 Å². The number of oxazole rings is 1. The Bertz CT molecular complexity index is 1060. The van der Waals surface area contributed by atoms with E-state index in [0.717, 1.165) is 49.7 Å². The Morgan fingerprint density at radius 1 is 1.12 bits per heavy atom. The molecule has 3 heterocycles. The molecule has 8 heteroatoms. The first-order chi connectivity index (χ1) is 15.4. The highest BCUT2D eigenvalue weighted by atomic mass is 16.5. The summed E-state index contributed by atoms with van der Waals surface area (Å²) in [6, 6.07) is 7.64. The number of amides is 1. The Balaban J connectivity index is 1.25. The topological polar surface area (TPSA) is 76.6 Å². The molecule has 3 aromatic rings. The van der Waals surface area contributed by atoms with E-state index in [4.69, 9.17) is 9.15 Å². The molecule has 1 saturated heterocycles. The number of benzene rings is 1. The van der Waals surface area contributed by atoms with Crippen molar-refractivity contribution in [3.05, 3.63) is 53.3 Å². The second kappa shape index (κ2) is 9.56. The molecule has 2 aromatic heterocycles. The normalized spacial score (nSPS) is 14.7. The maximum atomic E-state index is 12.7. The molecule has 1 fully saturated rings. The maximum absolute atomic E-state index is 12.7. The first-order valence-electron chi connectivity index (χ1n) is 11.0. The minimum absolute atomic E-state index is 0.155. The molecular formula is C24H31N5O3. The van der Waals surface area contributed by atoms with Crippen LogP contribution in [0.5, 0.6) is 5.75 Å². The highest BCUT2D eigenvalue weighted by Crippen LogP contribution is 2.23. The third-order valence-electron chi connectivity index (χ3n) is 6.25. The van der Waals surface area contributed by atoms with Gasteiger partial charge in [-0.05, 0) is 38.1 Å². The average Bonchev–Trinajstić information content (AvgIpc) is 3.38. The van der Waals surface area contributed by atoms with Crippen molar-refractivity contribution in [3.63, 3.8) is 0 Å². The van der Waals surface area contributed by atoms with E-state index in [-0.39, 0.29) is 5.91 Å². The summed E-state index contributed by atoms with van der Waals surface area (Å²) in [5.74, 6) is 2.24. The first kappa shape index (κ1) is 22.1. The molecule has 0 atom stereocenters. The van der Waals surface area contributed by atoms with Crippen molar-refractivity contribution in [1.82, 2.24) is 24.6 Å². The van der Waals surface area contributed by atoms with Crippen LogP contribution in [0, 0.1) is 13.8 Å². The zero-order valence-corrected chi connectivity index (χ0v) is 19.3. The van der Waals surface area contributed by atoms with Gasteiger partial charge in [-0.3, -0.25) is 14.4 Å². The van der Waals surface area contributed by atoms with Crippen LogP contribution in [0.3, 0.4) is 0 Å². The standard InChI is InChI=1S/C24H31N5O3/c1-17-21(18(2)27(3)26-17)16-28-11-13-29(14-12-28)24(30)10-9-23-25-15-22(32-23)19-5-7-20(31-4)8-6-19/h5-8,15H,9-14,16H2,1-4H3. The lowest BCUT2D eigenvalue weighted by molar-refractivity contribution is -0.133. The second-order valence-electron chi connectivity index (χ2n) is 8.28. The average molecular weight is 438 g/mol.